The Hall–Kier alpha value is -1.04. The summed E-state index contributed by atoms with van der Waals surface area (Å²) in [5.74, 6) is 0.790. The predicted molar refractivity (Wildman–Crippen MR) is 89.6 cm³/mol. The van der Waals surface area contributed by atoms with Crippen LogP contribution in [-0.4, -0.2) is 0 Å². The molecule has 0 nitrogen and oxygen atoms in total. The van der Waals surface area contributed by atoms with E-state index in [0.717, 1.165) is 5.92 Å². The van der Waals surface area contributed by atoms with E-state index in [1.807, 2.05) is 6.08 Å². The molecular weight excluding hydrogens is 240 g/mol. The van der Waals surface area contributed by atoms with Crippen molar-refractivity contribution in [2.45, 2.75) is 59.8 Å². The van der Waals surface area contributed by atoms with Gasteiger partial charge in [-0.05, 0) is 50.4 Å². The summed E-state index contributed by atoms with van der Waals surface area (Å²) in [5, 5.41) is 0. The third-order valence-electron chi connectivity index (χ3n) is 5.13. The quantitative estimate of drug-likeness (QED) is 0.533. The van der Waals surface area contributed by atoms with E-state index in [1.54, 1.807) is 5.57 Å². The van der Waals surface area contributed by atoms with Crippen LogP contribution in [0.15, 0.2) is 48.1 Å². The molecule has 0 amide bonds. The fourth-order valence-electron chi connectivity index (χ4n) is 4.71. The van der Waals surface area contributed by atoms with Crippen LogP contribution in [0.5, 0.6) is 0 Å². The van der Waals surface area contributed by atoms with E-state index < -0.39 is 0 Å². The van der Waals surface area contributed by atoms with Crippen LogP contribution in [-0.2, 0) is 0 Å². The Balaban J connectivity index is 2.48. The first-order chi connectivity index (χ1) is 9.39. The standard InChI is InChI=1S/C20H30/c1-6-10-17(3)20(18-11-8-7-9-12-18)14-16(2)13-19(4,5)15-20/h6-8,10-11,16H,1,9,12-15H2,2-5H3/b17-10+. The second-order valence-electron chi connectivity index (χ2n) is 7.68. The summed E-state index contributed by atoms with van der Waals surface area (Å²) in [5.41, 5.74) is 3.85. The molecule has 0 radical (unpaired) electrons. The van der Waals surface area contributed by atoms with Crippen LogP contribution in [0.3, 0.4) is 0 Å². The van der Waals surface area contributed by atoms with Gasteiger partial charge in [-0.15, -0.1) is 0 Å². The monoisotopic (exact) mass is 270 g/mol. The Labute approximate surface area is 125 Å². The van der Waals surface area contributed by atoms with Crippen molar-refractivity contribution in [1.29, 1.82) is 0 Å². The third-order valence-corrected chi connectivity index (χ3v) is 5.13. The summed E-state index contributed by atoms with van der Waals surface area (Å²) in [6.45, 7) is 13.5. The van der Waals surface area contributed by atoms with Crippen molar-refractivity contribution in [2.24, 2.45) is 16.7 Å². The van der Waals surface area contributed by atoms with Gasteiger partial charge in [0.1, 0.15) is 0 Å². The summed E-state index contributed by atoms with van der Waals surface area (Å²) in [4.78, 5) is 0. The zero-order valence-corrected chi connectivity index (χ0v) is 13.7. The molecule has 2 rings (SSSR count). The normalized spacial score (nSPS) is 33.7. The summed E-state index contributed by atoms with van der Waals surface area (Å²) >= 11 is 0. The average Bonchev–Trinajstić information content (AvgIpc) is 2.37. The highest BCUT2D eigenvalue weighted by Crippen LogP contribution is 2.57. The highest BCUT2D eigenvalue weighted by Gasteiger charge is 2.45. The molecule has 0 N–H and O–H groups in total. The van der Waals surface area contributed by atoms with Gasteiger partial charge in [-0.25, -0.2) is 0 Å². The molecule has 2 aliphatic rings. The molecular formula is C20H30. The fraction of sp³-hybridized carbons (Fsp3) is 0.600. The molecule has 20 heavy (non-hydrogen) atoms. The van der Waals surface area contributed by atoms with Crippen molar-refractivity contribution in [3.8, 4) is 0 Å². The minimum atomic E-state index is 0.264. The van der Waals surface area contributed by atoms with Crippen molar-refractivity contribution >= 4 is 0 Å². The van der Waals surface area contributed by atoms with E-state index in [0.29, 0.717) is 5.41 Å². The average molecular weight is 270 g/mol. The van der Waals surface area contributed by atoms with Gasteiger partial charge in [0, 0.05) is 5.41 Å². The summed E-state index contributed by atoms with van der Waals surface area (Å²) in [6.07, 6.45) is 17.5. The van der Waals surface area contributed by atoms with Crippen molar-refractivity contribution in [1.82, 2.24) is 0 Å². The first kappa shape index (κ1) is 15.4. The molecule has 0 saturated heterocycles. The van der Waals surface area contributed by atoms with Crippen LogP contribution >= 0.6 is 0 Å². The highest BCUT2D eigenvalue weighted by molar-refractivity contribution is 5.36. The molecule has 0 aromatic rings. The summed E-state index contributed by atoms with van der Waals surface area (Å²) < 4.78 is 0. The molecule has 0 spiro atoms. The number of hydrogen-bond donors (Lipinski definition) is 0. The second-order valence-corrected chi connectivity index (χ2v) is 7.68. The predicted octanol–water partition coefficient (Wildman–Crippen LogP) is 6.23. The molecule has 0 heteroatoms. The van der Waals surface area contributed by atoms with Gasteiger partial charge >= 0.3 is 0 Å². The Kier molecular flexibility index (Phi) is 4.42. The van der Waals surface area contributed by atoms with Crippen molar-refractivity contribution in [2.75, 3.05) is 0 Å². The maximum atomic E-state index is 3.92. The third kappa shape index (κ3) is 3.00. The molecule has 2 aliphatic carbocycles. The maximum absolute atomic E-state index is 3.92. The minimum Gasteiger partial charge on any atom is -0.0991 e. The van der Waals surface area contributed by atoms with Crippen LogP contribution in [0.25, 0.3) is 0 Å². The van der Waals surface area contributed by atoms with E-state index in [2.05, 4.69) is 58.6 Å². The summed E-state index contributed by atoms with van der Waals surface area (Å²) in [7, 11) is 0. The Morgan fingerprint density at radius 3 is 2.65 bits per heavy atom. The fourth-order valence-corrected chi connectivity index (χ4v) is 4.71. The number of allylic oxidation sites excluding steroid dienone is 7. The molecule has 1 saturated carbocycles. The van der Waals surface area contributed by atoms with Crippen molar-refractivity contribution in [3.05, 3.63) is 48.1 Å². The van der Waals surface area contributed by atoms with E-state index in [1.165, 1.54) is 37.7 Å². The van der Waals surface area contributed by atoms with Crippen LogP contribution in [0.2, 0.25) is 0 Å². The number of rotatable bonds is 3. The smallest absolute Gasteiger partial charge is 0.0132 e. The van der Waals surface area contributed by atoms with E-state index in [-0.39, 0.29) is 5.41 Å². The largest absolute Gasteiger partial charge is 0.0991 e. The van der Waals surface area contributed by atoms with E-state index in [4.69, 9.17) is 0 Å². The lowest BCUT2D eigenvalue weighted by Crippen LogP contribution is -2.39. The lowest BCUT2D eigenvalue weighted by atomic mass is 9.54. The second kappa shape index (κ2) is 5.76. The molecule has 0 aromatic carbocycles. The van der Waals surface area contributed by atoms with Gasteiger partial charge in [-0.2, -0.15) is 0 Å². The zero-order valence-electron chi connectivity index (χ0n) is 13.7. The highest BCUT2D eigenvalue weighted by atomic mass is 14.5. The topological polar surface area (TPSA) is 0 Å². The van der Waals surface area contributed by atoms with Gasteiger partial charge in [0.25, 0.3) is 0 Å². The molecule has 110 valence electrons. The SMILES string of the molecule is C=C/C=C(\C)C1(C2=CC=CCC2)CC(C)CC(C)(C)C1. The van der Waals surface area contributed by atoms with Crippen LogP contribution in [0.1, 0.15) is 59.8 Å². The van der Waals surface area contributed by atoms with E-state index >= 15 is 0 Å². The maximum Gasteiger partial charge on any atom is 0.0132 e. The molecule has 0 aliphatic heterocycles. The molecule has 2 atom stereocenters. The van der Waals surface area contributed by atoms with Gasteiger partial charge in [0.05, 0.1) is 0 Å². The zero-order chi connectivity index (χ0) is 14.8. The van der Waals surface area contributed by atoms with Crippen LogP contribution in [0, 0.1) is 16.7 Å². The van der Waals surface area contributed by atoms with Crippen molar-refractivity contribution in [3.63, 3.8) is 0 Å². The first-order valence-corrected chi connectivity index (χ1v) is 8.06. The van der Waals surface area contributed by atoms with Crippen LogP contribution < -0.4 is 0 Å². The summed E-state index contributed by atoms with van der Waals surface area (Å²) in [6, 6.07) is 0. The lowest BCUT2D eigenvalue weighted by molar-refractivity contribution is 0.0964. The van der Waals surface area contributed by atoms with Gasteiger partial charge < -0.3 is 0 Å². The Morgan fingerprint density at radius 1 is 1.35 bits per heavy atom. The molecule has 1 fully saturated rings. The molecule has 0 bridgehead atoms. The Morgan fingerprint density at radius 2 is 2.10 bits per heavy atom. The molecule has 0 aromatic heterocycles. The van der Waals surface area contributed by atoms with Gasteiger partial charge in [-0.3, -0.25) is 0 Å². The van der Waals surface area contributed by atoms with Crippen molar-refractivity contribution < 1.29 is 0 Å². The minimum absolute atomic E-state index is 0.264. The van der Waals surface area contributed by atoms with Gasteiger partial charge in [0.2, 0.25) is 0 Å². The van der Waals surface area contributed by atoms with Crippen LogP contribution in [0.4, 0.5) is 0 Å². The lowest BCUT2D eigenvalue weighted by Gasteiger charge is -2.50. The molecule has 0 heterocycles. The number of hydrogen-bond acceptors (Lipinski definition) is 0. The molecule has 2 unspecified atom stereocenters. The van der Waals surface area contributed by atoms with E-state index in [9.17, 15) is 0 Å². The van der Waals surface area contributed by atoms with Gasteiger partial charge in [-0.1, -0.05) is 68.9 Å². The Bertz CT molecular complexity index is 458. The van der Waals surface area contributed by atoms with Gasteiger partial charge in [0.15, 0.2) is 0 Å². The first-order valence-electron chi connectivity index (χ1n) is 8.06.